The third-order valence-corrected chi connectivity index (χ3v) is 8.92. The molecule has 0 bridgehead atoms. The van der Waals surface area contributed by atoms with Crippen molar-refractivity contribution in [2.24, 2.45) is 0 Å². The molecule has 266 valence electrons. The van der Waals surface area contributed by atoms with Crippen LogP contribution in [0.3, 0.4) is 0 Å². The van der Waals surface area contributed by atoms with Crippen LogP contribution in [0.4, 0.5) is 0 Å². The van der Waals surface area contributed by atoms with Gasteiger partial charge in [-0.25, -0.2) is 4.79 Å². The van der Waals surface area contributed by atoms with E-state index in [4.69, 9.17) is 4.74 Å². The summed E-state index contributed by atoms with van der Waals surface area (Å²) in [4.78, 5) is 26.2. The van der Waals surface area contributed by atoms with Crippen LogP contribution in [-0.4, -0.2) is 22.2 Å². The SMILES string of the molecule is CCCCCCCC/C=C\CCCCCCCC(CCCCCCC/C=C\CCCCCCCC)OC(=O)CCc1noc(=O)[nH]1. The van der Waals surface area contributed by atoms with Crippen LogP contribution in [0.15, 0.2) is 33.6 Å². The minimum Gasteiger partial charge on any atom is -0.462 e. The third-order valence-electron chi connectivity index (χ3n) is 8.92. The quantitative estimate of drug-likeness (QED) is 0.0458. The number of ether oxygens (including phenoxy) is 1. The minimum absolute atomic E-state index is 0.0151. The minimum atomic E-state index is -0.588. The van der Waals surface area contributed by atoms with Gasteiger partial charge >= 0.3 is 11.7 Å². The van der Waals surface area contributed by atoms with Crippen LogP contribution in [0.1, 0.15) is 206 Å². The zero-order valence-corrected chi connectivity index (χ0v) is 30.2. The van der Waals surface area contributed by atoms with Crippen LogP contribution >= 0.6 is 0 Å². The second kappa shape index (κ2) is 32.8. The number of carbonyl (C=O) groups excluding carboxylic acids is 1. The summed E-state index contributed by atoms with van der Waals surface area (Å²) in [5.41, 5.74) is 0. The fraction of sp³-hybridized carbons (Fsp3) is 0.825. The van der Waals surface area contributed by atoms with Crippen molar-refractivity contribution < 1.29 is 14.1 Å². The number of carbonyl (C=O) groups is 1. The molecule has 6 nitrogen and oxygen atoms in total. The van der Waals surface area contributed by atoms with E-state index in [0.29, 0.717) is 12.2 Å². The summed E-state index contributed by atoms with van der Waals surface area (Å²) >= 11 is 0. The molecule has 1 heterocycles. The van der Waals surface area contributed by atoms with Crippen LogP contribution in [0.25, 0.3) is 0 Å². The first-order valence-corrected chi connectivity index (χ1v) is 19.7. The Balaban J connectivity index is 2.17. The highest BCUT2D eigenvalue weighted by molar-refractivity contribution is 5.69. The lowest BCUT2D eigenvalue weighted by molar-refractivity contribution is -0.149. The zero-order valence-electron chi connectivity index (χ0n) is 30.2. The molecule has 0 atom stereocenters. The molecule has 0 radical (unpaired) electrons. The predicted octanol–water partition coefficient (Wildman–Crippen LogP) is 12.3. The molecular formula is C40H72N2O4. The fourth-order valence-electron chi connectivity index (χ4n) is 5.98. The number of aromatic amines is 1. The molecule has 0 spiro atoms. The summed E-state index contributed by atoms with van der Waals surface area (Å²) in [6.45, 7) is 4.54. The van der Waals surface area contributed by atoms with Crippen molar-refractivity contribution >= 4 is 5.97 Å². The largest absolute Gasteiger partial charge is 0.462 e. The summed E-state index contributed by atoms with van der Waals surface area (Å²) in [6.07, 6.45) is 45.4. The molecule has 46 heavy (non-hydrogen) atoms. The van der Waals surface area contributed by atoms with Gasteiger partial charge in [0.2, 0.25) is 0 Å². The molecule has 0 saturated carbocycles. The molecule has 0 fully saturated rings. The van der Waals surface area contributed by atoms with Crippen LogP contribution in [0.5, 0.6) is 0 Å². The van der Waals surface area contributed by atoms with E-state index in [0.717, 1.165) is 25.7 Å². The molecule has 0 saturated heterocycles. The molecule has 0 aliphatic carbocycles. The highest BCUT2D eigenvalue weighted by atomic mass is 16.5. The molecule has 0 unspecified atom stereocenters. The molecule has 1 N–H and O–H groups in total. The predicted molar refractivity (Wildman–Crippen MR) is 194 cm³/mol. The Kier molecular flexibility index (Phi) is 29.9. The van der Waals surface area contributed by atoms with Gasteiger partial charge < -0.3 is 4.74 Å². The Morgan fingerprint density at radius 1 is 0.630 bits per heavy atom. The molecule has 0 aliphatic rings. The number of nitrogens with one attached hydrogen (secondary N) is 1. The Morgan fingerprint density at radius 2 is 1.02 bits per heavy atom. The van der Waals surface area contributed by atoms with Gasteiger partial charge in [-0.05, 0) is 77.0 Å². The van der Waals surface area contributed by atoms with Crippen LogP contribution < -0.4 is 5.76 Å². The first-order chi connectivity index (χ1) is 22.7. The van der Waals surface area contributed by atoms with Crippen molar-refractivity contribution in [1.29, 1.82) is 0 Å². The number of allylic oxidation sites excluding steroid dienone is 4. The number of hydrogen-bond donors (Lipinski definition) is 1. The average Bonchev–Trinajstić information content (AvgIpc) is 3.48. The Bertz CT molecular complexity index is 863. The van der Waals surface area contributed by atoms with Gasteiger partial charge in [-0.1, -0.05) is 146 Å². The average molecular weight is 645 g/mol. The van der Waals surface area contributed by atoms with Crippen molar-refractivity contribution in [2.45, 2.75) is 213 Å². The lowest BCUT2D eigenvalue weighted by Gasteiger charge is -2.18. The maximum absolute atomic E-state index is 12.6. The van der Waals surface area contributed by atoms with Gasteiger partial charge in [0.15, 0.2) is 5.82 Å². The van der Waals surface area contributed by atoms with Crippen molar-refractivity contribution in [2.75, 3.05) is 0 Å². The summed E-state index contributed by atoms with van der Waals surface area (Å²) in [6, 6.07) is 0. The van der Waals surface area contributed by atoms with Gasteiger partial charge in [-0.2, -0.15) is 0 Å². The highest BCUT2D eigenvalue weighted by Crippen LogP contribution is 2.18. The molecule has 0 aromatic carbocycles. The highest BCUT2D eigenvalue weighted by Gasteiger charge is 2.15. The Hall–Kier alpha value is -2.11. The number of unbranched alkanes of at least 4 members (excludes halogenated alkanes) is 22. The topological polar surface area (TPSA) is 85.2 Å². The van der Waals surface area contributed by atoms with Crippen molar-refractivity contribution in [3.8, 4) is 0 Å². The van der Waals surface area contributed by atoms with Crippen LogP contribution in [-0.2, 0) is 16.0 Å². The number of aromatic nitrogens is 2. The monoisotopic (exact) mass is 645 g/mol. The van der Waals surface area contributed by atoms with E-state index in [1.807, 2.05) is 0 Å². The number of esters is 1. The zero-order chi connectivity index (χ0) is 33.2. The molecule has 1 rings (SSSR count). The molecule has 1 aromatic heterocycles. The van der Waals surface area contributed by atoms with Gasteiger partial charge in [0, 0.05) is 6.42 Å². The Morgan fingerprint density at radius 3 is 1.41 bits per heavy atom. The number of nitrogens with zero attached hydrogens (tertiary/aromatic N) is 1. The molecule has 1 aromatic rings. The summed E-state index contributed by atoms with van der Waals surface area (Å²) in [7, 11) is 0. The normalized spacial score (nSPS) is 11.9. The lowest BCUT2D eigenvalue weighted by atomic mass is 10.0. The van der Waals surface area contributed by atoms with E-state index in [1.165, 1.54) is 154 Å². The number of rotatable bonds is 34. The summed E-state index contributed by atoms with van der Waals surface area (Å²) in [5, 5.41) is 3.65. The lowest BCUT2D eigenvalue weighted by Crippen LogP contribution is -2.19. The van der Waals surface area contributed by atoms with E-state index in [-0.39, 0.29) is 18.5 Å². The molecule has 6 heteroatoms. The van der Waals surface area contributed by atoms with Crippen molar-refractivity contribution in [3.05, 3.63) is 40.7 Å². The number of H-pyrrole nitrogens is 1. The van der Waals surface area contributed by atoms with Gasteiger partial charge in [0.25, 0.3) is 0 Å². The second-order valence-corrected chi connectivity index (χ2v) is 13.4. The first-order valence-electron chi connectivity index (χ1n) is 19.7. The van der Waals surface area contributed by atoms with Crippen molar-refractivity contribution in [1.82, 2.24) is 10.1 Å². The van der Waals surface area contributed by atoms with E-state index in [9.17, 15) is 9.59 Å². The number of aryl methyl sites for hydroxylation is 1. The maximum Gasteiger partial charge on any atom is 0.438 e. The van der Waals surface area contributed by atoms with Crippen LogP contribution in [0.2, 0.25) is 0 Å². The van der Waals surface area contributed by atoms with E-state index < -0.39 is 5.76 Å². The van der Waals surface area contributed by atoms with Gasteiger partial charge in [0.05, 0.1) is 6.42 Å². The molecule has 0 aliphatic heterocycles. The van der Waals surface area contributed by atoms with Gasteiger partial charge in [-0.3, -0.25) is 14.3 Å². The van der Waals surface area contributed by atoms with E-state index in [2.05, 4.69) is 52.8 Å². The van der Waals surface area contributed by atoms with E-state index in [1.54, 1.807) is 0 Å². The maximum atomic E-state index is 12.6. The summed E-state index contributed by atoms with van der Waals surface area (Å²) in [5.74, 6) is -0.406. The molecule has 0 amide bonds. The fourth-order valence-corrected chi connectivity index (χ4v) is 5.98. The van der Waals surface area contributed by atoms with E-state index >= 15 is 0 Å². The third kappa shape index (κ3) is 28.1. The second-order valence-electron chi connectivity index (χ2n) is 13.4. The standard InChI is InChI=1S/C40H72N2O4/c1-3-5-7-9-11-13-15-17-19-21-23-25-27-29-31-33-37(45-39(43)36-35-38-41-40(44)46-42-38)34-32-30-28-26-24-22-20-18-16-14-12-10-8-6-4-2/h17-20,37H,3-16,21-36H2,1-2H3,(H,41,42,44)/b19-17-,20-18-. The smallest absolute Gasteiger partial charge is 0.438 e. The summed E-state index contributed by atoms with van der Waals surface area (Å²) < 4.78 is 10.4. The van der Waals surface area contributed by atoms with Crippen molar-refractivity contribution in [3.63, 3.8) is 0 Å². The number of hydrogen-bond acceptors (Lipinski definition) is 5. The van der Waals surface area contributed by atoms with Gasteiger partial charge in [-0.15, -0.1) is 0 Å². The first kappa shape index (κ1) is 41.9. The van der Waals surface area contributed by atoms with Gasteiger partial charge in [0.1, 0.15) is 6.10 Å². The van der Waals surface area contributed by atoms with Crippen LogP contribution in [0, 0.1) is 0 Å². The Labute approximate surface area is 283 Å². The molecular weight excluding hydrogens is 572 g/mol.